The van der Waals surface area contributed by atoms with Gasteiger partial charge < -0.3 is 34.7 Å². The Morgan fingerprint density at radius 2 is 2.19 bits per heavy atom. The van der Waals surface area contributed by atoms with E-state index in [1.54, 1.807) is 30.0 Å². The van der Waals surface area contributed by atoms with Gasteiger partial charge in [-0.25, -0.2) is 4.79 Å². The molecule has 0 bridgehead atoms. The third kappa shape index (κ3) is 5.43. The number of urea groups is 1. The van der Waals surface area contributed by atoms with Gasteiger partial charge in [0.15, 0.2) is 11.5 Å². The molecule has 0 unspecified atom stereocenters. The first-order chi connectivity index (χ1) is 15.1. The summed E-state index contributed by atoms with van der Waals surface area (Å²) in [5.74, 6) is 1.25. The highest BCUT2D eigenvalue weighted by molar-refractivity contribution is 5.90. The molecule has 1 fully saturated rings. The lowest BCUT2D eigenvalue weighted by Gasteiger charge is -2.36. The number of nitrogens with zero attached hydrogens (tertiary/aromatic N) is 3. The van der Waals surface area contributed by atoms with Crippen molar-refractivity contribution < 1.29 is 28.8 Å². The molecule has 1 saturated heterocycles. The fourth-order valence-electron chi connectivity index (χ4n) is 3.76. The maximum atomic E-state index is 12.4. The number of aryl methyl sites for hydroxylation is 1. The first-order valence-electron chi connectivity index (χ1n) is 10.3. The molecule has 3 heterocycles. The number of hydrogen-bond donors (Lipinski definition) is 3. The molecule has 0 aliphatic carbocycles. The van der Waals surface area contributed by atoms with E-state index in [1.807, 2.05) is 6.20 Å². The number of aliphatic hydroxyl groups excluding tert-OH is 1. The zero-order valence-corrected chi connectivity index (χ0v) is 17.3. The number of anilines is 1. The molecule has 11 heteroatoms. The van der Waals surface area contributed by atoms with Crippen molar-refractivity contribution in [3.8, 4) is 11.5 Å². The van der Waals surface area contributed by atoms with Crippen LogP contribution in [0.4, 0.5) is 10.5 Å². The van der Waals surface area contributed by atoms with Crippen LogP contribution in [0.1, 0.15) is 25.0 Å². The van der Waals surface area contributed by atoms with Crippen LogP contribution in [0.15, 0.2) is 24.4 Å². The van der Waals surface area contributed by atoms with Crippen LogP contribution in [0.25, 0.3) is 0 Å². The molecule has 2 amide bonds. The minimum Gasteiger partial charge on any atom is -0.454 e. The second-order valence-electron chi connectivity index (χ2n) is 7.52. The van der Waals surface area contributed by atoms with Gasteiger partial charge in [-0.2, -0.15) is 0 Å². The SMILES string of the molecule is COCc1cn(CC[C@@H]2CC[C@@H](NC(=O)Nc3ccc4c(c3)OCO4)[C@@H](CO)O2)nn1. The number of amides is 2. The number of ether oxygens (including phenoxy) is 4. The highest BCUT2D eigenvalue weighted by Gasteiger charge is 2.32. The first kappa shape index (κ1) is 21.3. The lowest BCUT2D eigenvalue weighted by Crippen LogP contribution is -2.52. The summed E-state index contributed by atoms with van der Waals surface area (Å²) in [5.41, 5.74) is 1.37. The maximum Gasteiger partial charge on any atom is 0.319 e. The number of carbonyl (C=O) groups is 1. The predicted molar refractivity (Wildman–Crippen MR) is 109 cm³/mol. The molecule has 2 aromatic rings. The molecule has 0 radical (unpaired) electrons. The fraction of sp³-hybridized carbons (Fsp3) is 0.550. The van der Waals surface area contributed by atoms with Crippen LogP contribution in [-0.4, -0.2) is 64.9 Å². The summed E-state index contributed by atoms with van der Waals surface area (Å²) >= 11 is 0. The minimum absolute atomic E-state index is 0.0257. The molecule has 4 rings (SSSR count). The zero-order valence-electron chi connectivity index (χ0n) is 17.3. The van der Waals surface area contributed by atoms with E-state index in [1.165, 1.54) is 0 Å². The fourth-order valence-corrected chi connectivity index (χ4v) is 3.76. The highest BCUT2D eigenvalue weighted by atomic mass is 16.7. The standard InChI is InChI=1S/C20H27N5O6/c1-28-11-14-9-25(24-23-14)7-6-15-3-4-16(19(10-26)31-15)22-20(27)21-13-2-5-17-18(8-13)30-12-29-17/h2,5,8-9,15-16,19,26H,3-4,6-7,10-12H2,1H3,(H2,21,22,27)/t15-,16+,19+/m0/s1. The molecule has 1 aromatic heterocycles. The third-order valence-corrected chi connectivity index (χ3v) is 5.30. The van der Waals surface area contributed by atoms with Crippen molar-refractivity contribution in [3.05, 3.63) is 30.1 Å². The van der Waals surface area contributed by atoms with Gasteiger partial charge in [0.05, 0.1) is 31.6 Å². The molecule has 11 nitrogen and oxygen atoms in total. The molecule has 3 N–H and O–H groups in total. The number of hydrogen-bond acceptors (Lipinski definition) is 8. The van der Waals surface area contributed by atoms with Crippen LogP contribution < -0.4 is 20.1 Å². The van der Waals surface area contributed by atoms with Gasteiger partial charge in [0, 0.05) is 25.4 Å². The van der Waals surface area contributed by atoms with E-state index in [2.05, 4.69) is 20.9 Å². The summed E-state index contributed by atoms with van der Waals surface area (Å²) < 4.78 is 23.4. The van der Waals surface area contributed by atoms with Gasteiger partial charge in [-0.1, -0.05) is 5.21 Å². The Morgan fingerprint density at radius 1 is 1.32 bits per heavy atom. The second kappa shape index (κ2) is 9.94. The van der Waals surface area contributed by atoms with E-state index >= 15 is 0 Å². The van der Waals surface area contributed by atoms with Gasteiger partial charge in [0.2, 0.25) is 6.79 Å². The Balaban J connectivity index is 1.24. The third-order valence-electron chi connectivity index (χ3n) is 5.30. The van der Waals surface area contributed by atoms with E-state index < -0.39 is 6.10 Å². The summed E-state index contributed by atoms with van der Waals surface area (Å²) in [6.45, 7) is 1.08. The van der Waals surface area contributed by atoms with Crippen molar-refractivity contribution in [2.24, 2.45) is 0 Å². The van der Waals surface area contributed by atoms with E-state index in [0.29, 0.717) is 36.8 Å². The lowest BCUT2D eigenvalue weighted by atomic mass is 9.97. The van der Waals surface area contributed by atoms with Crippen molar-refractivity contribution in [3.63, 3.8) is 0 Å². The number of nitrogens with one attached hydrogen (secondary N) is 2. The minimum atomic E-state index is -0.471. The van der Waals surface area contributed by atoms with Crippen LogP contribution in [0.2, 0.25) is 0 Å². The molecular formula is C20H27N5O6. The largest absolute Gasteiger partial charge is 0.454 e. The summed E-state index contributed by atoms with van der Waals surface area (Å²) in [5, 5.41) is 23.6. The van der Waals surface area contributed by atoms with Gasteiger partial charge >= 0.3 is 6.03 Å². The monoisotopic (exact) mass is 433 g/mol. The van der Waals surface area contributed by atoms with Crippen LogP contribution >= 0.6 is 0 Å². The number of fused-ring (bicyclic) bond motifs is 1. The molecule has 1 aromatic carbocycles. The number of aromatic nitrogens is 3. The average molecular weight is 433 g/mol. The molecule has 168 valence electrons. The van der Waals surface area contributed by atoms with Gasteiger partial charge in [-0.3, -0.25) is 4.68 Å². The summed E-state index contributed by atoms with van der Waals surface area (Å²) in [4.78, 5) is 12.4. The van der Waals surface area contributed by atoms with E-state index in [4.69, 9.17) is 18.9 Å². The van der Waals surface area contributed by atoms with Crippen molar-refractivity contribution in [1.82, 2.24) is 20.3 Å². The van der Waals surface area contributed by atoms with Gasteiger partial charge in [-0.05, 0) is 31.4 Å². The Hall–Kier alpha value is -2.89. The van der Waals surface area contributed by atoms with Crippen molar-refractivity contribution in [2.75, 3.05) is 25.8 Å². The van der Waals surface area contributed by atoms with Crippen LogP contribution in [0.3, 0.4) is 0 Å². The first-order valence-corrected chi connectivity index (χ1v) is 10.3. The number of carbonyl (C=O) groups excluding carboxylic acids is 1. The Bertz CT molecular complexity index is 891. The molecule has 2 aliphatic rings. The van der Waals surface area contributed by atoms with Gasteiger partial charge in [0.1, 0.15) is 11.8 Å². The Morgan fingerprint density at radius 3 is 3.03 bits per heavy atom. The number of aliphatic hydroxyl groups is 1. The molecule has 31 heavy (non-hydrogen) atoms. The lowest BCUT2D eigenvalue weighted by molar-refractivity contribution is -0.0905. The summed E-state index contributed by atoms with van der Waals surface area (Å²) in [7, 11) is 1.61. The van der Waals surface area contributed by atoms with E-state index in [0.717, 1.165) is 18.5 Å². The highest BCUT2D eigenvalue weighted by Crippen LogP contribution is 2.34. The molecule has 0 saturated carbocycles. The van der Waals surface area contributed by atoms with E-state index in [-0.39, 0.29) is 31.6 Å². The Kier molecular flexibility index (Phi) is 6.85. The van der Waals surface area contributed by atoms with Gasteiger partial charge in [-0.15, -0.1) is 5.10 Å². The van der Waals surface area contributed by atoms with Crippen LogP contribution in [0.5, 0.6) is 11.5 Å². The predicted octanol–water partition coefficient (Wildman–Crippen LogP) is 1.27. The topological polar surface area (TPSA) is 129 Å². The van der Waals surface area contributed by atoms with Crippen molar-refractivity contribution in [1.29, 1.82) is 0 Å². The maximum absolute atomic E-state index is 12.4. The van der Waals surface area contributed by atoms with E-state index in [9.17, 15) is 9.90 Å². The van der Waals surface area contributed by atoms with Crippen molar-refractivity contribution >= 4 is 11.7 Å². The number of methoxy groups -OCH3 is 1. The molecular weight excluding hydrogens is 406 g/mol. The summed E-state index contributed by atoms with van der Waals surface area (Å²) in [6, 6.07) is 4.55. The number of rotatable bonds is 8. The smallest absolute Gasteiger partial charge is 0.319 e. The second-order valence-corrected chi connectivity index (χ2v) is 7.52. The number of benzene rings is 1. The Labute approximate surface area is 179 Å². The molecule has 2 aliphatic heterocycles. The van der Waals surface area contributed by atoms with Crippen molar-refractivity contribution in [2.45, 2.75) is 50.7 Å². The molecule has 3 atom stereocenters. The van der Waals surface area contributed by atoms with Crippen LogP contribution in [0, 0.1) is 0 Å². The quantitative estimate of drug-likeness (QED) is 0.568. The van der Waals surface area contributed by atoms with Crippen LogP contribution in [-0.2, 0) is 22.6 Å². The summed E-state index contributed by atoms with van der Waals surface area (Å²) in [6.07, 6.45) is 3.56. The van der Waals surface area contributed by atoms with Gasteiger partial charge in [0.25, 0.3) is 0 Å². The average Bonchev–Trinajstić information content (AvgIpc) is 3.42. The zero-order chi connectivity index (χ0) is 21.6. The normalized spacial score (nSPS) is 22.3. The molecule has 0 spiro atoms.